The highest BCUT2D eigenvalue weighted by Crippen LogP contribution is 2.06. The molecule has 1 unspecified atom stereocenters. The molecule has 1 amide bonds. The minimum absolute atomic E-state index is 0.0485. The van der Waals surface area contributed by atoms with Gasteiger partial charge in [-0.2, -0.15) is 0 Å². The molecule has 6 heteroatoms. The maximum Gasteiger partial charge on any atom is 0.305 e. The zero-order valence-corrected chi connectivity index (χ0v) is 9.35. The third-order valence-corrected chi connectivity index (χ3v) is 2.38. The molecule has 1 aliphatic rings. The Hall–Kier alpha value is -1.14. The van der Waals surface area contributed by atoms with E-state index in [9.17, 15) is 9.59 Å². The van der Waals surface area contributed by atoms with E-state index in [0.29, 0.717) is 19.8 Å². The fourth-order valence-electron chi connectivity index (χ4n) is 1.49. The van der Waals surface area contributed by atoms with Gasteiger partial charge in [0.05, 0.1) is 26.2 Å². The van der Waals surface area contributed by atoms with Gasteiger partial charge in [-0.3, -0.25) is 9.59 Å². The second kappa shape index (κ2) is 6.44. The van der Waals surface area contributed by atoms with E-state index in [0.717, 1.165) is 0 Å². The monoisotopic (exact) mass is 231 g/mol. The van der Waals surface area contributed by atoms with Crippen LogP contribution in [0.2, 0.25) is 0 Å². The standard InChI is InChI=1S/C10H17NO5/c1-2-11(4-3-9(12)13)10(14)8-7-15-5-6-16-8/h8H,2-7H2,1H3,(H,12,13). The van der Waals surface area contributed by atoms with E-state index in [-0.39, 0.29) is 25.5 Å². The molecular weight excluding hydrogens is 214 g/mol. The Balaban J connectivity index is 2.44. The molecule has 1 aliphatic heterocycles. The summed E-state index contributed by atoms with van der Waals surface area (Å²) >= 11 is 0. The molecule has 0 spiro atoms. The molecule has 0 bridgehead atoms. The molecule has 6 nitrogen and oxygen atoms in total. The normalized spacial score (nSPS) is 20.4. The van der Waals surface area contributed by atoms with Gasteiger partial charge < -0.3 is 19.5 Å². The predicted molar refractivity (Wildman–Crippen MR) is 55.1 cm³/mol. The summed E-state index contributed by atoms with van der Waals surface area (Å²) < 4.78 is 10.4. The molecule has 0 aromatic heterocycles. The second-order valence-electron chi connectivity index (χ2n) is 3.50. The lowest BCUT2D eigenvalue weighted by atomic mass is 10.2. The van der Waals surface area contributed by atoms with Gasteiger partial charge in [0.2, 0.25) is 0 Å². The largest absolute Gasteiger partial charge is 0.481 e. The lowest BCUT2D eigenvalue weighted by Gasteiger charge is -2.28. The Labute approximate surface area is 94.1 Å². The molecule has 1 saturated heterocycles. The third kappa shape index (κ3) is 3.79. The summed E-state index contributed by atoms with van der Waals surface area (Å²) in [6.45, 7) is 3.67. The van der Waals surface area contributed by atoms with Crippen LogP contribution in [0.4, 0.5) is 0 Å². The Morgan fingerprint density at radius 3 is 2.69 bits per heavy atom. The Kier molecular flexibility index (Phi) is 5.21. The molecule has 92 valence electrons. The summed E-state index contributed by atoms with van der Waals surface area (Å²) in [5.74, 6) is -1.10. The zero-order chi connectivity index (χ0) is 12.0. The van der Waals surface area contributed by atoms with Crippen LogP contribution in [0.15, 0.2) is 0 Å². The number of carboxylic acids is 1. The molecule has 1 N–H and O–H groups in total. The summed E-state index contributed by atoms with van der Waals surface area (Å²) in [5.41, 5.74) is 0. The molecule has 1 heterocycles. The van der Waals surface area contributed by atoms with Crippen LogP contribution in [-0.2, 0) is 19.1 Å². The van der Waals surface area contributed by atoms with Gasteiger partial charge in [0.15, 0.2) is 6.10 Å². The molecule has 0 aromatic rings. The van der Waals surface area contributed by atoms with E-state index in [4.69, 9.17) is 14.6 Å². The van der Waals surface area contributed by atoms with Gasteiger partial charge in [0, 0.05) is 13.1 Å². The molecule has 16 heavy (non-hydrogen) atoms. The fourth-order valence-corrected chi connectivity index (χ4v) is 1.49. The molecular formula is C10H17NO5. The van der Waals surface area contributed by atoms with Crippen molar-refractivity contribution in [3.8, 4) is 0 Å². The van der Waals surface area contributed by atoms with Crippen molar-refractivity contribution in [3.63, 3.8) is 0 Å². The summed E-state index contributed by atoms with van der Waals surface area (Å²) in [6, 6.07) is 0. The number of carbonyl (C=O) groups excluding carboxylic acids is 1. The second-order valence-corrected chi connectivity index (χ2v) is 3.50. The van der Waals surface area contributed by atoms with Gasteiger partial charge in [-0.05, 0) is 6.92 Å². The molecule has 1 fully saturated rings. The molecule has 0 saturated carbocycles. The zero-order valence-electron chi connectivity index (χ0n) is 9.35. The van der Waals surface area contributed by atoms with Gasteiger partial charge in [0.25, 0.3) is 5.91 Å². The highest BCUT2D eigenvalue weighted by atomic mass is 16.6. The van der Waals surface area contributed by atoms with Gasteiger partial charge in [-0.25, -0.2) is 0 Å². The van der Waals surface area contributed by atoms with E-state index in [1.165, 1.54) is 4.90 Å². The number of carboxylic acid groups (broad SMARTS) is 1. The molecule has 0 radical (unpaired) electrons. The van der Waals surface area contributed by atoms with Crippen LogP contribution < -0.4 is 0 Å². The number of ether oxygens (including phenoxy) is 2. The van der Waals surface area contributed by atoms with Crippen LogP contribution >= 0.6 is 0 Å². The first-order chi connectivity index (χ1) is 7.65. The Bertz CT molecular complexity index is 250. The first-order valence-corrected chi connectivity index (χ1v) is 5.35. The quantitative estimate of drug-likeness (QED) is 0.704. The molecule has 0 aliphatic carbocycles. The number of hydrogen-bond acceptors (Lipinski definition) is 4. The highest BCUT2D eigenvalue weighted by Gasteiger charge is 2.26. The van der Waals surface area contributed by atoms with Gasteiger partial charge in [0.1, 0.15) is 0 Å². The van der Waals surface area contributed by atoms with Crippen molar-refractivity contribution < 1.29 is 24.2 Å². The number of amides is 1. The van der Waals surface area contributed by atoms with Crippen LogP contribution in [0.1, 0.15) is 13.3 Å². The van der Waals surface area contributed by atoms with Crippen LogP contribution in [-0.4, -0.2) is 60.9 Å². The highest BCUT2D eigenvalue weighted by molar-refractivity contribution is 5.81. The molecule has 0 aromatic carbocycles. The Morgan fingerprint density at radius 1 is 1.44 bits per heavy atom. The van der Waals surface area contributed by atoms with Crippen LogP contribution in [0.3, 0.4) is 0 Å². The first kappa shape index (κ1) is 12.9. The van der Waals surface area contributed by atoms with Crippen LogP contribution in [0.25, 0.3) is 0 Å². The number of nitrogens with zero attached hydrogens (tertiary/aromatic N) is 1. The van der Waals surface area contributed by atoms with Crippen molar-refractivity contribution >= 4 is 11.9 Å². The SMILES string of the molecule is CCN(CCC(=O)O)C(=O)C1COCCO1. The minimum atomic E-state index is -0.910. The van der Waals surface area contributed by atoms with E-state index in [1.807, 2.05) is 6.92 Å². The topological polar surface area (TPSA) is 76.1 Å². The lowest BCUT2D eigenvalue weighted by molar-refractivity contribution is -0.158. The number of rotatable bonds is 5. The van der Waals surface area contributed by atoms with Crippen molar-refractivity contribution in [2.45, 2.75) is 19.4 Å². The average Bonchev–Trinajstić information content (AvgIpc) is 2.30. The summed E-state index contributed by atoms with van der Waals surface area (Å²) in [7, 11) is 0. The Morgan fingerprint density at radius 2 is 2.19 bits per heavy atom. The van der Waals surface area contributed by atoms with Gasteiger partial charge in [-0.1, -0.05) is 0 Å². The number of hydrogen-bond donors (Lipinski definition) is 1. The number of carbonyl (C=O) groups is 2. The van der Waals surface area contributed by atoms with Crippen molar-refractivity contribution in [3.05, 3.63) is 0 Å². The van der Waals surface area contributed by atoms with E-state index in [2.05, 4.69) is 0 Å². The lowest BCUT2D eigenvalue weighted by Crippen LogP contribution is -2.45. The minimum Gasteiger partial charge on any atom is -0.481 e. The fraction of sp³-hybridized carbons (Fsp3) is 0.800. The van der Waals surface area contributed by atoms with Crippen LogP contribution in [0.5, 0.6) is 0 Å². The van der Waals surface area contributed by atoms with Gasteiger partial charge in [-0.15, -0.1) is 0 Å². The van der Waals surface area contributed by atoms with Crippen molar-refractivity contribution in [1.29, 1.82) is 0 Å². The van der Waals surface area contributed by atoms with Gasteiger partial charge >= 0.3 is 5.97 Å². The van der Waals surface area contributed by atoms with Crippen molar-refractivity contribution in [1.82, 2.24) is 4.90 Å². The number of likely N-dealkylation sites (N-methyl/N-ethyl adjacent to an activating group) is 1. The summed E-state index contributed by atoms with van der Waals surface area (Å²) in [6.07, 6.45) is -0.629. The molecule has 1 rings (SSSR count). The maximum absolute atomic E-state index is 11.9. The first-order valence-electron chi connectivity index (χ1n) is 5.35. The smallest absolute Gasteiger partial charge is 0.305 e. The summed E-state index contributed by atoms with van der Waals surface area (Å²) in [4.78, 5) is 23.8. The van der Waals surface area contributed by atoms with Crippen molar-refractivity contribution in [2.24, 2.45) is 0 Å². The number of aliphatic carboxylic acids is 1. The van der Waals surface area contributed by atoms with Crippen molar-refractivity contribution in [2.75, 3.05) is 32.9 Å². The maximum atomic E-state index is 11.9. The average molecular weight is 231 g/mol. The third-order valence-electron chi connectivity index (χ3n) is 2.38. The predicted octanol–water partition coefficient (Wildman–Crippen LogP) is -0.275. The summed E-state index contributed by atoms with van der Waals surface area (Å²) in [5, 5.41) is 8.56. The van der Waals surface area contributed by atoms with Crippen LogP contribution in [0, 0.1) is 0 Å². The van der Waals surface area contributed by atoms with E-state index >= 15 is 0 Å². The van der Waals surface area contributed by atoms with E-state index < -0.39 is 12.1 Å². The molecule has 1 atom stereocenters. The van der Waals surface area contributed by atoms with E-state index in [1.54, 1.807) is 0 Å².